The molecule has 2 unspecified atom stereocenters. The summed E-state index contributed by atoms with van der Waals surface area (Å²) in [6, 6.07) is 6.51. The number of benzene rings is 1. The Morgan fingerprint density at radius 1 is 1.23 bits per heavy atom. The minimum atomic E-state index is -0.137. The smallest absolute Gasteiger partial charge is 0.317 e. The van der Waals surface area contributed by atoms with Crippen LogP contribution in [0.15, 0.2) is 62.2 Å². The Bertz CT molecular complexity index is 1220. The van der Waals surface area contributed by atoms with Crippen LogP contribution in [0.3, 0.4) is 0 Å². The number of imidazole rings is 1. The van der Waals surface area contributed by atoms with E-state index in [2.05, 4.69) is 69.1 Å². The van der Waals surface area contributed by atoms with Crippen molar-refractivity contribution < 1.29 is 14.6 Å². The molecular weight excluding hydrogens is 626 g/mol. The first kappa shape index (κ1) is 44.9. The summed E-state index contributed by atoms with van der Waals surface area (Å²) in [6.45, 7) is 28.0. The molecule has 1 saturated heterocycles. The number of urea groups is 1. The fourth-order valence-corrected chi connectivity index (χ4v) is 5.16. The first-order valence-corrected chi connectivity index (χ1v) is 17.3. The van der Waals surface area contributed by atoms with Gasteiger partial charge in [0.25, 0.3) is 0 Å². The number of aliphatic hydroxyl groups is 1. The number of carbonyl (C=O) groups excluding carboxylic acids is 1. The third-order valence-corrected chi connectivity index (χ3v) is 7.14. The Kier molecular flexibility index (Phi) is 23.3. The van der Waals surface area contributed by atoms with Gasteiger partial charge in [0.1, 0.15) is 0 Å². The molecule has 1 aliphatic heterocycles. The monoisotopic (exact) mass is 689 g/mol. The third kappa shape index (κ3) is 16.3. The van der Waals surface area contributed by atoms with Gasteiger partial charge < -0.3 is 40.6 Å². The van der Waals surface area contributed by atoms with Crippen molar-refractivity contribution in [2.24, 2.45) is 7.05 Å². The normalized spacial score (nSPS) is 16.1. The number of nitrogens with zero attached hydrogens (tertiary/aromatic N) is 3. The Hall–Kier alpha value is -3.15. The van der Waals surface area contributed by atoms with Crippen molar-refractivity contribution in [2.45, 2.75) is 85.5 Å². The number of nitrogens with one attached hydrogen (secondary N) is 4. The van der Waals surface area contributed by atoms with E-state index in [1.165, 1.54) is 16.7 Å². The lowest BCUT2D eigenvalue weighted by molar-refractivity contribution is 0.125. The Balaban J connectivity index is 0.000000921. The standard InChI is InChI=1S/C22H29ClN4O.C9H19N3O.C3H6.C2H6.CH4O/c1-5-25-18-9-16-7-8-17(23)10-19(16)20(11-18)22(21-12-24-14-27(21)4)26-15(3)13-28-6-2;1-9(2,3)11-8(13)12-6-4-10-5-7-12;1-3-2;2*1-2/h5,7-8,10-12,14-15,18,22,25-26H,1,6,9,13H2,2-4H3;10H,4-7H2,1-3H3,(H,11,13);3H,1H2,2H3;1-2H3;2H,1H3/t15?,18?,22-;;;;/m1..../s1. The molecule has 0 spiro atoms. The molecule has 5 N–H and O–H groups in total. The van der Waals surface area contributed by atoms with Gasteiger partial charge in [-0.2, -0.15) is 0 Å². The second kappa shape index (κ2) is 24.9. The molecule has 1 aromatic carbocycles. The highest BCUT2D eigenvalue weighted by atomic mass is 35.5. The molecule has 11 heteroatoms. The number of ether oxygens (including phenoxy) is 1. The van der Waals surface area contributed by atoms with Crippen molar-refractivity contribution in [3.8, 4) is 0 Å². The lowest BCUT2D eigenvalue weighted by atomic mass is 9.83. The largest absolute Gasteiger partial charge is 0.400 e. The maximum atomic E-state index is 11.6. The highest BCUT2D eigenvalue weighted by molar-refractivity contribution is 6.30. The number of piperazine rings is 1. The molecule has 2 heterocycles. The van der Waals surface area contributed by atoms with Crippen LogP contribution in [-0.2, 0) is 18.2 Å². The SMILES string of the molecule is C=CC.C=CNC1C=C([C@@H](NC(C)COCC)c2cncn2C)c2cc(Cl)ccc2C1.CC.CC(C)(C)NC(=O)N1CCNCC1.CO. The van der Waals surface area contributed by atoms with Gasteiger partial charge in [0.15, 0.2) is 0 Å². The minimum Gasteiger partial charge on any atom is -0.400 e. The van der Waals surface area contributed by atoms with Gasteiger partial charge in [-0.1, -0.05) is 50.2 Å². The summed E-state index contributed by atoms with van der Waals surface area (Å²) in [4.78, 5) is 17.8. The number of aliphatic hydroxyl groups excluding tert-OH is 1. The molecule has 2 aliphatic rings. The van der Waals surface area contributed by atoms with Gasteiger partial charge in [0.2, 0.25) is 0 Å². The van der Waals surface area contributed by atoms with E-state index in [4.69, 9.17) is 21.4 Å². The topological polar surface area (TPSA) is 116 Å². The van der Waals surface area contributed by atoms with E-state index >= 15 is 0 Å². The number of halogens is 1. The maximum Gasteiger partial charge on any atom is 0.317 e. The Labute approximate surface area is 296 Å². The average Bonchev–Trinajstić information content (AvgIpc) is 3.50. The van der Waals surface area contributed by atoms with E-state index in [0.29, 0.717) is 13.2 Å². The number of fused-ring (bicyclic) bond motifs is 1. The van der Waals surface area contributed by atoms with Crippen molar-refractivity contribution in [3.05, 3.63) is 84.1 Å². The number of carbonyl (C=O) groups is 1. The molecule has 2 amide bonds. The lowest BCUT2D eigenvalue weighted by Crippen LogP contribution is -2.54. The van der Waals surface area contributed by atoms with Crippen molar-refractivity contribution in [3.63, 3.8) is 0 Å². The highest BCUT2D eigenvalue weighted by Crippen LogP contribution is 2.37. The Morgan fingerprint density at radius 3 is 2.38 bits per heavy atom. The van der Waals surface area contributed by atoms with Crippen LogP contribution < -0.4 is 21.3 Å². The molecule has 272 valence electrons. The summed E-state index contributed by atoms with van der Waals surface area (Å²) in [5.74, 6) is 0. The average molecular weight is 690 g/mol. The molecule has 1 aliphatic carbocycles. The molecule has 10 nitrogen and oxygen atoms in total. The summed E-state index contributed by atoms with van der Waals surface area (Å²) in [5.41, 5.74) is 4.60. The first-order valence-electron chi connectivity index (χ1n) is 16.9. The fourth-order valence-electron chi connectivity index (χ4n) is 4.98. The maximum absolute atomic E-state index is 11.6. The number of aromatic nitrogens is 2. The second-order valence-corrected chi connectivity index (χ2v) is 12.5. The molecule has 2 aromatic rings. The molecule has 4 rings (SSSR count). The number of hydrogen-bond donors (Lipinski definition) is 5. The molecule has 1 aromatic heterocycles. The van der Waals surface area contributed by atoms with Crippen LogP contribution in [0.2, 0.25) is 5.02 Å². The van der Waals surface area contributed by atoms with Gasteiger partial charge in [-0.05, 0) is 83.0 Å². The minimum absolute atomic E-state index is 0.0328. The number of allylic oxidation sites excluding steroid dienone is 1. The highest BCUT2D eigenvalue weighted by Gasteiger charge is 2.29. The molecule has 1 fully saturated rings. The van der Waals surface area contributed by atoms with Gasteiger partial charge in [-0.3, -0.25) is 0 Å². The first-order chi connectivity index (χ1) is 22.9. The van der Waals surface area contributed by atoms with E-state index in [1.807, 2.05) is 79.0 Å². The van der Waals surface area contributed by atoms with Gasteiger partial charge in [-0.25, -0.2) is 9.78 Å². The predicted octanol–water partition coefficient (Wildman–Crippen LogP) is 6.10. The lowest BCUT2D eigenvalue weighted by Gasteiger charge is -2.32. The summed E-state index contributed by atoms with van der Waals surface area (Å²) < 4.78 is 7.68. The van der Waals surface area contributed by atoms with E-state index in [9.17, 15) is 4.79 Å². The van der Waals surface area contributed by atoms with Crippen LogP contribution >= 0.6 is 11.6 Å². The van der Waals surface area contributed by atoms with E-state index in [-0.39, 0.29) is 29.7 Å². The zero-order chi connectivity index (χ0) is 36.7. The van der Waals surface area contributed by atoms with Crippen LogP contribution in [0.5, 0.6) is 0 Å². The fraction of sp³-hybridized carbons (Fsp3) is 0.568. The van der Waals surface area contributed by atoms with Crippen LogP contribution in [0, 0.1) is 0 Å². The zero-order valence-electron chi connectivity index (χ0n) is 31.2. The van der Waals surface area contributed by atoms with Gasteiger partial charge in [-0.15, -0.1) is 6.58 Å². The number of hydrogen-bond acceptors (Lipinski definition) is 7. The van der Waals surface area contributed by atoms with Gasteiger partial charge >= 0.3 is 6.03 Å². The molecule has 0 bridgehead atoms. The predicted molar refractivity (Wildman–Crippen MR) is 203 cm³/mol. The summed E-state index contributed by atoms with van der Waals surface area (Å²) in [7, 11) is 3.02. The van der Waals surface area contributed by atoms with Crippen LogP contribution in [0.1, 0.15) is 78.3 Å². The molecule has 48 heavy (non-hydrogen) atoms. The molecular formula is C37H64ClN7O3. The quantitative estimate of drug-likeness (QED) is 0.202. The summed E-state index contributed by atoms with van der Waals surface area (Å²) in [6.07, 6.45) is 10.4. The van der Waals surface area contributed by atoms with Crippen LogP contribution in [0.4, 0.5) is 4.79 Å². The number of rotatable bonds is 9. The van der Waals surface area contributed by atoms with Gasteiger partial charge in [0, 0.05) is 69.6 Å². The van der Waals surface area contributed by atoms with Crippen molar-refractivity contribution in [1.82, 2.24) is 35.7 Å². The summed E-state index contributed by atoms with van der Waals surface area (Å²) in [5, 5.41) is 21.0. The second-order valence-electron chi connectivity index (χ2n) is 12.0. The van der Waals surface area contributed by atoms with Crippen LogP contribution in [-0.4, -0.2) is 89.7 Å². The van der Waals surface area contributed by atoms with E-state index in [1.54, 1.807) is 12.3 Å². The Morgan fingerprint density at radius 2 is 1.85 bits per heavy atom. The molecule has 0 saturated carbocycles. The number of amides is 2. The summed E-state index contributed by atoms with van der Waals surface area (Å²) >= 11 is 6.36. The molecule has 0 radical (unpaired) electrons. The molecule has 3 atom stereocenters. The zero-order valence-corrected chi connectivity index (χ0v) is 32.0. The van der Waals surface area contributed by atoms with Gasteiger partial charge in [0.05, 0.1) is 30.9 Å². The van der Waals surface area contributed by atoms with E-state index < -0.39 is 0 Å². The van der Waals surface area contributed by atoms with Crippen molar-refractivity contribution in [2.75, 3.05) is 46.5 Å². The number of aryl methyl sites for hydroxylation is 1. The van der Waals surface area contributed by atoms with Crippen molar-refractivity contribution in [1.29, 1.82) is 0 Å². The van der Waals surface area contributed by atoms with E-state index in [0.717, 1.165) is 50.4 Å². The van der Waals surface area contributed by atoms with Crippen molar-refractivity contribution >= 4 is 23.2 Å². The third-order valence-electron chi connectivity index (χ3n) is 6.91. The van der Waals surface area contributed by atoms with Crippen LogP contribution in [0.25, 0.3) is 5.57 Å².